The number of unbranched alkanes of at least 4 members (excludes halogenated alkanes) is 2. The lowest BCUT2D eigenvalue weighted by atomic mass is 9.86. The van der Waals surface area contributed by atoms with Crippen molar-refractivity contribution in [2.24, 2.45) is 5.41 Å². The summed E-state index contributed by atoms with van der Waals surface area (Å²) >= 11 is 0. The van der Waals surface area contributed by atoms with Gasteiger partial charge in [0.2, 0.25) is 0 Å². The van der Waals surface area contributed by atoms with Gasteiger partial charge >= 0.3 is 11.9 Å². The van der Waals surface area contributed by atoms with Gasteiger partial charge in [0, 0.05) is 13.2 Å². The summed E-state index contributed by atoms with van der Waals surface area (Å²) in [6.45, 7) is 11.7. The minimum atomic E-state index is -1.33. The van der Waals surface area contributed by atoms with Crippen LogP contribution in [0.5, 0.6) is 0 Å². The van der Waals surface area contributed by atoms with Crippen LogP contribution in [0.15, 0.2) is 0 Å². The van der Waals surface area contributed by atoms with Gasteiger partial charge < -0.3 is 28.4 Å². The third-order valence-electron chi connectivity index (χ3n) is 4.60. The monoisotopic (exact) mass is 448 g/mol. The molecular formula is C23H44O8. The fraction of sp³-hybridized carbons (Fsp3) is 0.913. The molecule has 0 rings (SSSR count). The van der Waals surface area contributed by atoms with Gasteiger partial charge in [-0.25, -0.2) is 0 Å². The first-order valence-electron chi connectivity index (χ1n) is 11.7. The van der Waals surface area contributed by atoms with Gasteiger partial charge in [-0.3, -0.25) is 9.59 Å². The number of hydrogen-bond acceptors (Lipinski definition) is 8. The van der Waals surface area contributed by atoms with Crippen molar-refractivity contribution in [2.45, 2.75) is 66.2 Å². The van der Waals surface area contributed by atoms with Crippen molar-refractivity contribution in [3.8, 4) is 0 Å². The zero-order valence-corrected chi connectivity index (χ0v) is 20.1. The molecule has 0 aliphatic rings. The molecule has 0 N–H and O–H groups in total. The lowest BCUT2D eigenvalue weighted by Gasteiger charge is -2.25. The second kappa shape index (κ2) is 20.7. The van der Waals surface area contributed by atoms with Gasteiger partial charge in [0.1, 0.15) is 13.2 Å². The van der Waals surface area contributed by atoms with Crippen LogP contribution in [0.4, 0.5) is 0 Å². The molecular weight excluding hydrogens is 404 g/mol. The molecule has 0 spiro atoms. The first-order valence-corrected chi connectivity index (χ1v) is 11.7. The van der Waals surface area contributed by atoms with Crippen LogP contribution >= 0.6 is 0 Å². The molecule has 0 saturated heterocycles. The Morgan fingerprint density at radius 3 is 1.26 bits per heavy atom. The van der Waals surface area contributed by atoms with Crippen LogP contribution in [0, 0.1) is 5.41 Å². The lowest BCUT2D eigenvalue weighted by molar-refractivity contribution is -0.173. The molecule has 184 valence electrons. The zero-order chi connectivity index (χ0) is 23.2. The number of carbonyl (C=O) groups excluding carboxylic acids is 2. The molecule has 0 fully saturated rings. The quantitative estimate of drug-likeness (QED) is 0.141. The van der Waals surface area contributed by atoms with Crippen LogP contribution in [-0.2, 0) is 38.0 Å². The highest BCUT2D eigenvalue weighted by Gasteiger charge is 2.43. The van der Waals surface area contributed by atoms with Gasteiger partial charge in [0.15, 0.2) is 5.41 Å². The predicted octanol–water partition coefficient (Wildman–Crippen LogP) is 3.55. The van der Waals surface area contributed by atoms with Gasteiger partial charge in [0.05, 0.1) is 39.6 Å². The van der Waals surface area contributed by atoms with E-state index in [9.17, 15) is 9.59 Å². The number of ether oxygens (including phenoxy) is 6. The summed E-state index contributed by atoms with van der Waals surface area (Å²) in [4.78, 5) is 25.0. The number of esters is 2. The van der Waals surface area contributed by atoms with Gasteiger partial charge in [-0.15, -0.1) is 0 Å². The summed E-state index contributed by atoms with van der Waals surface area (Å²) in [7, 11) is 0. The number of hydrogen-bond donors (Lipinski definition) is 0. The number of carbonyl (C=O) groups is 2. The summed E-state index contributed by atoms with van der Waals surface area (Å²) in [5.74, 6) is -1.18. The maximum absolute atomic E-state index is 12.5. The normalized spacial score (nSPS) is 11.5. The van der Waals surface area contributed by atoms with Crippen LogP contribution in [-0.4, -0.2) is 78.0 Å². The van der Waals surface area contributed by atoms with Crippen molar-refractivity contribution in [3.63, 3.8) is 0 Å². The van der Waals surface area contributed by atoms with Crippen molar-refractivity contribution in [2.75, 3.05) is 66.1 Å². The summed E-state index contributed by atoms with van der Waals surface area (Å²) in [5.41, 5.74) is -1.33. The molecule has 0 unspecified atom stereocenters. The Morgan fingerprint density at radius 1 is 0.548 bits per heavy atom. The van der Waals surface area contributed by atoms with Crippen molar-refractivity contribution in [3.05, 3.63) is 0 Å². The summed E-state index contributed by atoms with van der Waals surface area (Å²) in [6.07, 6.45) is 5.25. The van der Waals surface area contributed by atoms with E-state index in [1.807, 2.05) is 6.92 Å². The Kier molecular flexibility index (Phi) is 19.9. The van der Waals surface area contributed by atoms with Gasteiger partial charge in [0.25, 0.3) is 0 Å². The molecule has 0 aliphatic heterocycles. The van der Waals surface area contributed by atoms with E-state index in [0.717, 1.165) is 38.9 Å². The Labute approximate surface area is 188 Å². The third kappa shape index (κ3) is 15.3. The smallest absolute Gasteiger partial charge is 0.323 e. The van der Waals surface area contributed by atoms with Crippen molar-refractivity contribution in [1.29, 1.82) is 0 Å². The molecule has 0 bridgehead atoms. The van der Waals surface area contributed by atoms with Gasteiger partial charge in [-0.2, -0.15) is 0 Å². The average Bonchev–Trinajstić information content (AvgIpc) is 2.76. The minimum absolute atomic E-state index is 0.0848. The second-order valence-electron chi connectivity index (χ2n) is 7.51. The third-order valence-corrected chi connectivity index (χ3v) is 4.60. The second-order valence-corrected chi connectivity index (χ2v) is 7.51. The fourth-order valence-corrected chi connectivity index (χ4v) is 2.63. The topological polar surface area (TPSA) is 89.5 Å². The predicted molar refractivity (Wildman–Crippen MR) is 118 cm³/mol. The summed E-state index contributed by atoms with van der Waals surface area (Å²) < 4.78 is 32.1. The van der Waals surface area contributed by atoms with Crippen LogP contribution in [0.25, 0.3) is 0 Å². The van der Waals surface area contributed by atoms with E-state index in [1.54, 1.807) is 6.92 Å². The van der Waals surface area contributed by atoms with E-state index in [0.29, 0.717) is 39.3 Å². The molecule has 0 radical (unpaired) electrons. The van der Waals surface area contributed by atoms with E-state index in [4.69, 9.17) is 28.4 Å². The molecule has 8 heteroatoms. The Balaban J connectivity index is 4.04. The highest BCUT2D eigenvalue weighted by molar-refractivity contribution is 5.99. The SMILES string of the molecule is CCCCOCCOCCOC(=O)C(C)(CCC)C(=O)OCCOCCOCCCC. The first-order chi connectivity index (χ1) is 15.0. The zero-order valence-electron chi connectivity index (χ0n) is 20.1. The maximum Gasteiger partial charge on any atom is 0.323 e. The van der Waals surface area contributed by atoms with E-state index in [2.05, 4.69) is 13.8 Å². The van der Waals surface area contributed by atoms with Crippen molar-refractivity contribution in [1.82, 2.24) is 0 Å². The largest absolute Gasteiger partial charge is 0.462 e. The standard InChI is InChI=1S/C23H44O8/c1-5-8-11-26-13-15-28-17-19-30-21(24)23(4,10-7-3)22(25)31-20-18-29-16-14-27-12-9-6-2/h5-20H2,1-4H3. The molecule has 0 atom stereocenters. The Hall–Kier alpha value is -1.22. The molecule has 0 heterocycles. The summed E-state index contributed by atoms with van der Waals surface area (Å²) in [5, 5.41) is 0. The average molecular weight is 449 g/mol. The fourth-order valence-electron chi connectivity index (χ4n) is 2.63. The Morgan fingerprint density at radius 2 is 0.903 bits per heavy atom. The molecule has 0 aromatic rings. The van der Waals surface area contributed by atoms with Crippen LogP contribution in [0.1, 0.15) is 66.2 Å². The molecule has 0 amide bonds. The molecule has 0 aliphatic carbocycles. The Bertz CT molecular complexity index is 407. The van der Waals surface area contributed by atoms with E-state index >= 15 is 0 Å². The maximum atomic E-state index is 12.5. The molecule has 0 aromatic heterocycles. The molecule has 8 nitrogen and oxygen atoms in total. The molecule has 0 saturated carbocycles. The number of rotatable bonds is 22. The molecule has 0 aromatic carbocycles. The van der Waals surface area contributed by atoms with Crippen molar-refractivity contribution < 1.29 is 38.0 Å². The van der Waals surface area contributed by atoms with Gasteiger partial charge in [-0.05, 0) is 26.2 Å². The van der Waals surface area contributed by atoms with E-state index < -0.39 is 17.4 Å². The van der Waals surface area contributed by atoms with Gasteiger partial charge in [-0.1, -0.05) is 40.0 Å². The molecule has 31 heavy (non-hydrogen) atoms. The van der Waals surface area contributed by atoms with Crippen LogP contribution in [0.2, 0.25) is 0 Å². The first kappa shape index (κ1) is 29.8. The van der Waals surface area contributed by atoms with E-state index in [-0.39, 0.29) is 26.4 Å². The van der Waals surface area contributed by atoms with E-state index in [1.165, 1.54) is 0 Å². The summed E-state index contributed by atoms with van der Waals surface area (Å²) in [6, 6.07) is 0. The van der Waals surface area contributed by atoms with Crippen LogP contribution < -0.4 is 0 Å². The minimum Gasteiger partial charge on any atom is -0.462 e. The van der Waals surface area contributed by atoms with Crippen LogP contribution in [0.3, 0.4) is 0 Å². The highest BCUT2D eigenvalue weighted by atomic mass is 16.6. The highest BCUT2D eigenvalue weighted by Crippen LogP contribution is 2.27. The van der Waals surface area contributed by atoms with Crippen molar-refractivity contribution >= 4 is 11.9 Å². The lowest BCUT2D eigenvalue weighted by Crippen LogP contribution is -2.40.